The largest absolute Gasteiger partial charge is 0.323 e. The van der Waals surface area contributed by atoms with E-state index in [1.54, 1.807) is 7.05 Å². The van der Waals surface area contributed by atoms with Gasteiger partial charge in [-0.25, -0.2) is 5.43 Å². The molecule has 4 nitrogen and oxygen atoms in total. The molecule has 0 spiro atoms. The Hall–Kier alpha value is -0.910. The van der Waals surface area contributed by atoms with E-state index in [-0.39, 0.29) is 18.4 Å². The zero-order chi connectivity index (χ0) is 11.3. The third-order valence-corrected chi connectivity index (χ3v) is 2.70. The number of hydrazine groups is 1. The van der Waals surface area contributed by atoms with Crippen LogP contribution >= 0.6 is 15.9 Å². The summed E-state index contributed by atoms with van der Waals surface area (Å²) in [6.45, 7) is 0. The van der Waals surface area contributed by atoms with Gasteiger partial charge in [-0.2, -0.15) is 0 Å². The van der Waals surface area contributed by atoms with E-state index in [4.69, 9.17) is 5.73 Å². The smallest absolute Gasteiger partial charge is 0.235 e. The number of benzene rings is 1. The van der Waals surface area contributed by atoms with E-state index in [2.05, 4.69) is 26.8 Å². The van der Waals surface area contributed by atoms with Crippen LogP contribution in [0.2, 0.25) is 0 Å². The molecule has 1 aromatic carbocycles. The summed E-state index contributed by atoms with van der Waals surface area (Å²) in [7, 11) is 1.64. The van der Waals surface area contributed by atoms with Crippen molar-refractivity contribution >= 4 is 21.8 Å². The van der Waals surface area contributed by atoms with E-state index in [0.717, 1.165) is 10.0 Å². The molecule has 1 aromatic rings. The standard InChI is InChI=1S/C10H14BrN3O/c1-13-14-10(15)6-9(12)7-4-2-3-5-8(7)11/h2-5,9,13H,6,12H2,1H3,(H,14,15). The Morgan fingerprint density at radius 1 is 1.53 bits per heavy atom. The van der Waals surface area contributed by atoms with Gasteiger partial charge in [0.25, 0.3) is 0 Å². The van der Waals surface area contributed by atoms with Crippen LogP contribution in [-0.4, -0.2) is 13.0 Å². The Bertz CT molecular complexity index is 343. The summed E-state index contributed by atoms with van der Waals surface area (Å²) in [5, 5.41) is 0. The van der Waals surface area contributed by atoms with Crippen LogP contribution in [0.15, 0.2) is 28.7 Å². The normalized spacial score (nSPS) is 12.2. The first-order valence-corrected chi connectivity index (χ1v) is 5.40. The Labute approximate surface area is 97.3 Å². The molecule has 0 aliphatic rings. The van der Waals surface area contributed by atoms with Crippen LogP contribution in [0.3, 0.4) is 0 Å². The topological polar surface area (TPSA) is 67.1 Å². The van der Waals surface area contributed by atoms with Crippen LogP contribution in [0, 0.1) is 0 Å². The summed E-state index contributed by atoms with van der Waals surface area (Å²) in [5.41, 5.74) is 11.9. The Kier molecular flexibility index (Phi) is 4.74. The summed E-state index contributed by atoms with van der Waals surface area (Å²) >= 11 is 3.40. The van der Waals surface area contributed by atoms with Gasteiger partial charge in [0.1, 0.15) is 0 Å². The Morgan fingerprint density at radius 3 is 2.80 bits per heavy atom. The van der Waals surface area contributed by atoms with Crippen LogP contribution in [0.1, 0.15) is 18.0 Å². The number of rotatable bonds is 4. The second kappa shape index (κ2) is 5.85. The quantitative estimate of drug-likeness (QED) is 0.719. The molecule has 1 unspecified atom stereocenters. The van der Waals surface area contributed by atoms with E-state index < -0.39 is 0 Å². The first kappa shape index (κ1) is 12.2. The van der Waals surface area contributed by atoms with Crippen LogP contribution in [-0.2, 0) is 4.79 Å². The van der Waals surface area contributed by atoms with Gasteiger partial charge in [0.05, 0.1) is 0 Å². The molecule has 1 rings (SSSR count). The number of hydrogen-bond donors (Lipinski definition) is 3. The maximum absolute atomic E-state index is 11.3. The minimum Gasteiger partial charge on any atom is -0.323 e. The molecule has 0 radical (unpaired) electrons. The molecular formula is C10H14BrN3O. The Morgan fingerprint density at radius 2 is 2.20 bits per heavy atom. The average molecular weight is 272 g/mol. The first-order valence-electron chi connectivity index (χ1n) is 4.60. The second-order valence-electron chi connectivity index (χ2n) is 3.13. The fourth-order valence-corrected chi connectivity index (χ4v) is 1.85. The number of hydrogen-bond acceptors (Lipinski definition) is 3. The SMILES string of the molecule is CNNC(=O)CC(N)c1ccccc1Br. The van der Waals surface area contributed by atoms with Crippen LogP contribution in [0.25, 0.3) is 0 Å². The Balaban J connectivity index is 2.65. The van der Waals surface area contributed by atoms with Gasteiger partial charge in [0.15, 0.2) is 0 Å². The fourth-order valence-electron chi connectivity index (χ4n) is 1.28. The highest BCUT2D eigenvalue weighted by molar-refractivity contribution is 9.10. The molecule has 0 aromatic heterocycles. The molecular weight excluding hydrogens is 258 g/mol. The summed E-state index contributed by atoms with van der Waals surface area (Å²) in [6.07, 6.45) is 0.253. The lowest BCUT2D eigenvalue weighted by Gasteiger charge is -2.13. The molecule has 82 valence electrons. The van der Waals surface area contributed by atoms with Gasteiger partial charge in [-0.05, 0) is 11.6 Å². The highest BCUT2D eigenvalue weighted by Gasteiger charge is 2.13. The third-order valence-electron chi connectivity index (χ3n) is 1.97. The maximum atomic E-state index is 11.3. The lowest BCUT2D eigenvalue weighted by Crippen LogP contribution is -2.36. The van der Waals surface area contributed by atoms with Gasteiger partial charge < -0.3 is 5.73 Å². The van der Waals surface area contributed by atoms with Crippen LogP contribution < -0.4 is 16.6 Å². The zero-order valence-electron chi connectivity index (χ0n) is 8.46. The molecule has 0 bridgehead atoms. The average Bonchev–Trinajstić information content (AvgIpc) is 2.18. The van der Waals surface area contributed by atoms with Crippen molar-refractivity contribution in [2.45, 2.75) is 12.5 Å². The molecule has 0 aliphatic carbocycles. The third kappa shape index (κ3) is 3.62. The summed E-state index contributed by atoms with van der Waals surface area (Å²) in [5.74, 6) is -0.124. The van der Waals surface area contributed by atoms with Crippen molar-refractivity contribution in [2.24, 2.45) is 5.73 Å². The van der Waals surface area contributed by atoms with Crippen molar-refractivity contribution in [2.75, 3.05) is 7.05 Å². The number of carbonyl (C=O) groups is 1. The summed E-state index contributed by atoms with van der Waals surface area (Å²) < 4.78 is 0.926. The first-order chi connectivity index (χ1) is 7.15. The minimum absolute atomic E-state index is 0.124. The minimum atomic E-state index is -0.297. The van der Waals surface area contributed by atoms with Crippen LogP contribution in [0.4, 0.5) is 0 Å². The maximum Gasteiger partial charge on any atom is 0.235 e. The van der Waals surface area contributed by atoms with Gasteiger partial charge in [0, 0.05) is 24.0 Å². The van der Waals surface area contributed by atoms with Gasteiger partial charge >= 0.3 is 0 Å². The van der Waals surface area contributed by atoms with E-state index >= 15 is 0 Å². The lowest BCUT2D eigenvalue weighted by molar-refractivity contribution is -0.122. The second-order valence-corrected chi connectivity index (χ2v) is 3.98. The predicted molar refractivity (Wildman–Crippen MR) is 62.9 cm³/mol. The van der Waals surface area contributed by atoms with Crippen molar-refractivity contribution in [3.05, 3.63) is 34.3 Å². The number of amides is 1. The molecule has 0 aliphatic heterocycles. The van der Waals surface area contributed by atoms with Crippen molar-refractivity contribution in [3.63, 3.8) is 0 Å². The van der Waals surface area contributed by atoms with Crippen molar-refractivity contribution in [1.82, 2.24) is 10.9 Å². The lowest BCUT2D eigenvalue weighted by atomic mass is 10.0. The van der Waals surface area contributed by atoms with Crippen molar-refractivity contribution in [1.29, 1.82) is 0 Å². The summed E-state index contributed by atoms with van der Waals surface area (Å²) in [6, 6.07) is 7.32. The molecule has 5 heteroatoms. The monoisotopic (exact) mass is 271 g/mol. The molecule has 4 N–H and O–H groups in total. The number of carbonyl (C=O) groups excluding carboxylic acids is 1. The molecule has 0 fully saturated rings. The van der Waals surface area contributed by atoms with Gasteiger partial charge in [-0.15, -0.1) is 0 Å². The highest BCUT2D eigenvalue weighted by atomic mass is 79.9. The molecule has 0 saturated heterocycles. The molecule has 15 heavy (non-hydrogen) atoms. The van der Waals surface area contributed by atoms with E-state index in [1.165, 1.54) is 0 Å². The molecule has 1 atom stereocenters. The van der Waals surface area contributed by atoms with Gasteiger partial charge in [-0.1, -0.05) is 34.1 Å². The number of nitrogens with two attached hydrogens (primary N) is 1. The zero-order valence-corrected chi connectivity index (χ0v) is 10.0. The molecule has 0 heterocycles. The van der Waals surface area contributed by atoms with Crippen molar-refractivity contribution in [3.8, 4) is 0 Å². The summed E-state index contributed by atoms with van der Waals surface area (Å²) in [4.78, 5) is 11.3. The van der Waals surface area contributed by atoms with Crippen molar-refractivity contribution < 1.29 is 4.79 Å². The van der Waals surface area contributed by atoms with E-state index in [9.17, 15) is 4.79 Å². The number of nitrogens with one attached hydrogen (secondary N) is 2. The van der Waals surface area contributed by atoms with E-state index in [1.807, 2.05) is 24.3 Å². The number of halogens is 1. The van der Waals surface area contributed by atoms with Gasteiger partial charge in [0.2, 0.25) is 5.91 Å². The fraction of sp³-hybridized carbons (Fsp3) is 0.300. The predicted octanol–water partition coefficient (Wildman–Crippen LogP) is 1.09. The molecule has 1 amide bonds. The highest BCUT2D eigenvalue weighted by Crippen LogP contribution is 2.23. The van der Waals surface area contributed by atoms with Gasteiger partial charge in [-0.3, -0.25) is 10.2 Å². The van der Waals surface area contributed by atoms with Crippen LogP contribution in [0.5, 0.6) is 0 Å². The van der Waals surface area contributed by atoms with E-state index in [0.29, 0.717) is 0 Å². The molecule has 0 saturated carbocycles.